The molecule has 0 spiro atoms. The highest BCUT2D eigenvalue weighted by Gasteiger charge is 2.43. The second kappa shape index (κ2) is 12.0. The Morgan fingerprint density at radius 2 is 1.89 bits per heavy atom. The predicted octanol–water partition coefficient (Wildman–Crippen LogP) is 4.62. The maximum Gasteiger partial charge on any atom is 0.315 e. The molecular weight excluding hydrogens is 484 g/mol. The zero-order valence-electron chi connectivity index (χ0n) is 21.3. The van der Waals surface area contributed by atoms with E-state index >= 15 is 0 Å². The fourth-order valence-corrected chi connectivity index (χ4v) is 7.78. The Balaban J connectivity index is 1.61. The standard InChI is InChI=1S/C26H40N2O5S2/c1-5-6-16-33-24(29)19(8-7-9-22-23-21(17-34-22)27-25(30)28-23)14-15-26(3,4)35(31,32)20-12-10-18(2)11-13-20/h10-13,19,21-23H,5-9,14-17H2,1-4H3,(H2,27,28,30)/t19?,21?,22-,23?/m1/s1. The number of hydrogen-bond acceptors (Lipinski definition) is 6. The molecule has 7 nitrogen and oxygen atoms in total. The lowest BCUT2D eigenvalue weighted by atomic mass is 9.91. The summed E-state index contributed by atoms with van der Waals surface area (Å²) in [6, 6.07) is 7.16. The van der Waals surface area contributed by atoms with Gasteiger partial charge < -0.3 is 15.4 Å². The lowest BCUT2D eigenvalue weighted by Gasteiger charge is -2.27. The van der Waals surface area contributed by atoms with Crippen molar-refractivity contribution in [1.29, 1.82) is 0 Å². The number of rotatable bonds is 13. The van der Waals surface area contributed by atoms with Crippen LogP contribution in [-0.2, 0) is 19.4 Å². The quantitative estimate of drug-likeness (QED) is 0.222. The first-order valence-electron chi connectivity index (χ1n) is 12.7. The van der Waals surface area contributed by atoms with Crippen molar-refractivity contribution >= 4 is 33.6 Å². The largest absolute Gasteiger partial charge is 0.465 e. The molecule has 0 aliphatic carbocycles. The number of fused-ring (bicyclic) bond motifs is 1. The summed E-state index contributed by atoms with van der Waals surface area (Å²) in [5, 5.41) is 6.30. The number of amides is 2. The lowest BCUT2D eigenvalue weighted by Crippen LogP contribution is -2.37. The van der Waals surface area contributed by atoms with Gasteiger partial charge in [-0.1, -0.05) is 37.5 Å². The van der Waals surface area contributed by atoms with E-state index in [-0.39, 0.29) is 30.0 Å². The Morgan fingerprint density at radius 1 is 1.17 bits per heavy atom. The minimum atomic E-state index is -3.55. The third-order valence-electron chi connectivity index (χ3n) is 7.21. The molecule has 2 heterocycles. The first-order valence-corrected chi connectivity index (χ1v) is 15.2. The van der Waals surface area contributed by atoms with Crippen molar-refractivity contribution in [2.45, 2.75) is 99.6 Å². The van der Waals surface area contributed by atoms with Crippen molar-refractivity contribution in [3.05, 3.63) is 29.8 Å². The number of aryl methyl sites for hydroxylation is 1. The number of nitrogens with one attached hydrogen (secondary N) is 2. The minimum absolute atomic E-state index is 0.0975. The maximum atomic E-state index is 13.3. The number of carbonyl (C=O) groups is 2. The van der Waals surface area contributed by atoms with E-state index in [0.29, 0.717) is 36.0 Å². The van der Waals surface area contributed by atoms with E-state index in [9.17, 15) is 18.0 Å². The molecule has 0 saturated carbocycles. The average Bonchev–Trinajstić information content (AvgIpc) is 3.35. The molecule has 0 aromatic heterocycles. The van der Waals surface area contributed by atoms with Crippen LogP contribution in [0.25, 0.3) is 0 Å². The summed E-state index contributed by atoms with van der Waals surface area (Å²) in [5.41, 5.74) is 1.01. The van der Waals surface area contributed by atoms with Gasteiger partial charge in [-0.05, 0) is 65.0 Å². The monoisotopic (exact) mass is 524 g/mol. The molecule has 2 amide bonds. The van der Waals surface area contributed by atoms with E-state index in [4.69, 9.17) is 4.74 Å². The third-order valence-corrected chi connectivity index (χ3v) is 11.3. The van der Waals surface area contributed by atoms with E-state index < -0.39 is 14.6 Å². The Labute approximate surface area is 214 Å². The van der Waals surface area contributed by atoms with E-state index in [1.54, 1.807) is 26.0 Å². The van der Waals surface area contributed by atoms with Crippen LogP contribution < -0.4 is 10.6 Å². The SMILES string of the molecule is CCCCOC(=O)C(CCC[C@H]1SCC2NC(=O)NC21)CCC(C)(C)S(=O)(=O)c1ccc(C)cc1. The Morgan fingerprint density at radius 3 is 2.57 bits per heavy atom. The van der Waals surface area contributed by atoms with Crippen LogP contribution in [0.2, 0.25) is 0 Å². The van der Waals surface area contributed by atoms with E-state index in [1.807, 2.05) is 37.7 Å². The molecule has 35 heavy (non-hydrogen) atoms. The molecule has 0 radical (unpaired) electrons. The van der Waals surface area contributed by atoms with Crippen LogP contribution >= 0.6 is 11.8 Å². The second-order valence-corrected chi connectivity index (χ2v) is 14.2. The average molecular weight is 525 g/mol. The number of urea groups is 1. The third kappa shape index (κ3) is 6.94. The highest BCUT2D eigenvalue weighted by Crippen LogP contribution is 2.35. The molecule has 3 rings (SSSR count). The first-order chi connectivity index (χ1) is 16.5. The van der Waals surface area contributed by atoms with E-state index in [1.165, 1.54) is 0 Å². The number of carbonyl (C=O) groups excluding carboxylic acids is 2. The van der Waals surface area contributed by atoms with Gasteiger partial charge in [0.25, 0.3) is 0 Å². The second-order valence-electron chi connectivity index (χ2n) is 10.4. The molecule has 0 bridgehead atoms. The summed E-state index contributed by atoms with van der Waals surface area (Å²) >= 11 is 1.86. The van der Waals surface area contributed by atoms with Gasteiger partial charge in [0.2, 0.25) is 0 Å². The summed E-state index contributed by atoms with van der Waals surface area (Å²) in [4.78, 5) is 24.9. The Bertz CT molecular complexity index is 978. The van der Waals surface area contributed by atoms with Gasteiger partial charge in [-0.15, -0.1) is 0 Å². The van der Waals surface area contributed by atoms with Crippen molar-refractivity contribution in [3.8, 4) is 0 Å². The van der Waals surface area contributed by atoms with Crippen molar-refractivity contribution in [2.75, 3.05) is 12.4 Å². The number of unbranched alkanes of at least 4 members (excludes halogenated alkanes) is 1. The van der Waals surface area contributed by atoms with Crippen LogP contribution in [0.5, 0.6) is 0 Å². The summed E-state index contributed by atoms with van der Waals surface area (Å²) in [6.45, 7) is 7.86. The minimum Gasteiger partial charge on any atom is -0.465 e. The maximum absolute atomic E-state index is 13.3. The molecule has 4 atom stereocenters. The number of hydrogen-bond donors (Lipinski definition) is 2. The van der Waals surface area contributed by atoms with Crippen LogP contribution in [0.4, 0.5) is 4.79 Å². The molecule has 1 aromatic carbocycles. The summed E-state index contributed by atoms with van der Waals surface area (Å²) in [6.07, 6.45) is 4.99. The van der Waals surface area contributed by atoms with Gasteiger partial charge in [-0.3, -0.25) is 4.79 Å². The number of benzene rings is 1. The van der Waals surface area contributed by atoms with Crippen molar-refractivity contribution in [1.82, 2.24) is 10.6 Å². The van der Waals surface area contributed by atoms with Crippen molar-refractivity contribution in [2.24, 2.45) is 5.92 Å². The molecule has 2 fully saturated rings. The van der Waals surface area contributed by atoms with Crippen LogP contribution in [0, 0.1) is 12.8 Å². The topological polar surface area (TPSA) is 102 Å². The van der Waals surface area contributed by atoms with Gasteiger partial charge in [-0.25, -0.2) is 13.2 Å². The number of esters is 1. The Hall–Kier alpha value is -1.74. The number of ether oxygens (including phenoxy) is 1. The van der Waals surface area contributed by atoms with Crippen LogP contribution in [0.1, 0.15) is 71.3 Å². The summed E-state index contributed by atoms with van der Waals surface area (Å²) in [5.74, 6) is 0.342. The zero-order chi connectivity index (χ0) is 25.6. The lowest BCUT2D eigenvalue weighted by molar-refractivity contribution is -0.149. The molecule has 2 N–H and O–H groups in total. The first kappa shape index (κ1) is 27.8. The van der Waals surface area contributed by atoms with Gasteiger partial charge in [0.15, 0.2) is 9.84 Å². The molecule has 1 aromatic rings. The van der Waals surface area contributed by atoms with Crippen molar-refractivity contribution in [3.63, 3.8) is 0 Å². The number of sulfone groups is 1. The molecule has 9 heteroatoms. The Kier molecular flexibility index (Phi) is 9.54. The van der Waals surface area contributed by atoms with E-state index in [2.05, 4.69) is 10.6 Å². The number of thioether (sulfide) groups is 1. The van der Waals surface area contributed by atoms with Gasteiger partial charge in [0.05, 0.1) is 34.3 Å². The summed E-state index contributed by atoms with van der Waals surface area (Å²) in [7, 11) is -3.55. The normalized spacial score (nSPS) is 22.9. The molecule has 3 unspecified atom stereocenters. The van der Waals surface area contributed by atoms with Crippen LogP contribution in [0.15, 0.2) is 29.2 Å². The van der Waals surface area contributed by atoms with Gasteiger partial charge in [-0.2, -0.15) is 11.8 Å². The summed E-state index contributed by atoms with van der Waals surface area (Å²) < 4.78 is 31.2. The zero-order valence-corrected chi connectivity index (χ0v) is 23.0. The van der Waals surface area contributed by atoms with Crippen molar-refractivity contribution < 1.29 is 22.7 Å². The van der Waals surface area contributed by atoms with Gasteiger partial charge >= 0.3 is 12.0 Å². The highest BCUT2D eigenvalue weighted by atomic mass is 32.2. The molecule has 2 aliphatic heterocycles. The predicted molar refractivity (Wildman–Crippen MR) is 140 cm³/mol. The van der Waals surface area contributed by atoms with Gasteiger partial charge in [0.1, 0.15) is 0 Å². The fourth-order valence-electron chi connectivity index (χ4n) is 4.72. The molecule has 2 saturated heterocycles. The molecule has 196 valence electrons. The van der Waals surface area contributed by atoms with Crippen LogP contribution in [0.3, 0.4) is 0 Å². The molecule has 2 aliphatic rings. The van der Waals surface area contributed by atoms with E-state index in [0.717, 1.165) is 37.0 Å². The fraction of sp³-hybridized carbons (Fsp3) is 0.692. The van der Waals surface area contributed by atoms with Crippen LogP contribution in [-0.4, -0.2) is 54.9 Å². The smallest absolute Gasteiger partial charge is 0.315 e. The highest BCUT2D eigenvalue weighted by molar-refractivity contribution is 8.00. The van der Waals surface area contributed by atoms with Gasteiger partial charge in [0, 0.05) is 11.0 Å². The molecular formula is C26H40N2O5S2.